The first kappa shape index (κ1) is 14.1. The molecule has 2 atom stereocenters. The van der Waals surface area contributed by atoms with Gasteiger partial charge < -0.3 is 10.4 Å². The van der Waals surface area contributed by atoms with Crippen molar-refractivity contribution in [3.63, 3.8) is 0 Å². The van der Waals surface area contributed by atoms with Crippen LogP contribution >= 0.6 is 11.3 Å². The van der Waals surface area contributed by atoms with Crippen LogP contribution in [0.5, 0.6) is 0 Å². The highest BCUT2D eigenvalue weighted by Gasteiger charge is 2.33. The Hall–Kier alpha value is -0.870. The van der Waals surface area contributed by atoms with Gasteiger partial charge in [-0.3, -0.25) is 4.79 Å². The van der Waals surface area contributed by atoms with E-state index in [2.05, 4.69) is 12.2 Å². The minimum Gasteiger partial charge on any atom is -0.396 e. The van der Waals surface area contributed by atoms with Crippen molar-refractivity contribution in [1.82, 2.24) is 5.32 Å². The third-order valence-electron chi connectivity index (χ3n) is 4.59. The lowest BCUT2D eigenvalue weighted by Gasteiger charge is -2.20. The summed E-state index contributed by atoms with van der Waals surface area (Å²) in [7, 11) is 0. The zero-order valence-electron chi connectivity index (χ0n) is 12.0. The standard InChI is InChI=1S/C16H23NO2S/c1-10-2-5-12-13(9-20-15(12)8-10)16(19)17-14(6-7-18)11-3-4-11/h9-11,14,18H,2-8H2,1H3,(H,17,19). The fourth-order valence-electron chi connectivity index (χ4n) is 3.18. The van der Waals surface area contributed by atoms with E-state index in [1.165, 1.54) is 29.7 Å². The van der Waals surface area contributed by atoms with E-state index < -0.39 is 0 Å². The highest BCUT2D eigenvalue weighted by atomic mass is 32.1. The average molecular weight is 293 g/mol. The lowest BCUT2D eigenvalue weighted by Crippen LogP contribution is -2.37. The van der Waals surface area contributed by atoms with Crippen LogP contribution in [0.15, 0.2) is 5.38 Å². The van der Waals surface area contributed by atoms with Gasteiger partial charge in [-0.25, -0.2) is 0 Å². The first-order chi connectivity index (χ1) is 9.69. The molecule has 2 N–H and O–H groups in total. The Kier molecular flexibility index (Phi) is 4.13. The smallest absolute Gasteiger partial charge is 0.252 e. The van der Waals surface area contributed by atoms with Crippen LogP contribution in [0.1, 0.15) is 53.4 Å². The normalized spacial score (nSPS) is 23.2. The molecule has 1 saturated carbocycles. The minimum absolute atomic E-state index is 0.0717. The van der Waals surface area contributed by atoms with Crippen LogP contribution in [-0.2, 0) is 12.8 Å². The molecule has 3 rings (SSSR count). The fraction of sp³-hybridized carbons (Fsp3) is 0.688. The molecular weight excluding hydrogens is 270 g/mol. The number of aliphatic hydroxyl groups excluding tert-OH is 1. The van der Waals surface area contributed by atoms with Crippen molar-refractivity contribution >= 4 is 17.2 Å². The second-order valence-electron chi connectivity index (χ2n) is 6.33. The molecule has 3 nitrogen and oxygen atoms in total. The van der Waals surface area contributed by atoms with Gasteiger partial charge in [-0.2, -0.15) is 0 Å². The van der Waals surface area contributed by atoms with E-state index >= 15 is 0 Å². The second kappa shape index (κ2) is 5.86. The van der Waals surface area contributed by atoms with Crippen molar-refractivity contribution in [3.8, 4) is 0 Å². The van der Waals surface area contributed by atoms with E-state index in [-0.39, 0.29) is 18.6 Å². The summed E-state index contributed by atoms with van der Waals surface area (Å²) < 4.78 is 0. The van der Waals surface area contributed by atoms with Gasteiger partial charge in [0.25, 0.3) is 5.91 Å². The molecule has 0 spiro atoms. The summed E-state index contributed by atoms with van der Waals surface area (Å²) in [6, 6.07) is 0.158. The molecule has 0 radical (unpaired) electrons. The van der Waals surface area contributed by atoms with Gasteiger partial charge in [0.1, 0.15) is 0 Å². The lowest BCUT2D eigenvalue weighted by molar-refractivity contribution is 0.0923. The number of carbonyl (C=O) groups excluding carboxylic acids is 1. The Balaban J connectivity index is 1.71. The highest BCUT2D eigenvalue weighted by molar-refractivity contribution is 7.10. The molecule has 0 bridgehead atoms. The van der Waals surface area contributed by atoms with Crippen LogP contribution in [0, 0.1) is 11.8 Å². The molecule has 1 aromatic heterocycles. The van der Waals surface area contributed by atoms with Gasteiger partial charge in [-0.05, 0) is 55.9 Å². The van der Waals surface area contributed by atoms with Gasteiger partial charge >= 0.3 is 0 Å². The molecule has 1 heterocycles. The van der Waals surface area contributed by atoms with Gasteiger partial charge in [0.15, 0.2) is 0 Å². The molecular formula is C16H23NO2S. The fourth-order valence-corrected chi connectivity index (χ4v) is 4.42. The number of carbonyl (C=O) groups is 1. The molecule has 0 aromatic carbocycles. The van der Waals surface area contributed by atoms with Crippen molar-refractivity contribution in [2.24, 2.45) is 11.8 Å². The molecule has 1 fully saturated rings. The van der Waals surface area contributed by atoms with Crippen LogP contribution in [-0.4, -0.2) is 23.7 Å². The summed E-state index contributed by atoms with van der Waals surface area (Å²) in [4.78, 5) is 13.9. The molecule has 1 aromatic rings. The summed E-state index contributed by atoms with van der Waals surface area (Å²) in [6.07, 6.45) is 6.40. The Labute approximate surface area is 124 Å². The van der Waals surface area contributed by atoms with Crippen LogP contribution in [0.4, 0.5) is 0 Å². The number of fused-ring (bicyclic) bond motifs is 1. The Morgan fingerprint density at radius 2 is 2.30 bits per heavy atom. The summed E-state index contributed by atoms with van der Waals surface area (Å²) in [5.41, 5.74) is 2.17. The lowest BCUT2D eigenvalue weighted by atomic mass is 9.88. The largest absolute Gasteiger partial charge is 0.396 e. The number of nitrogens with one attached hydrogen (secondary N) is 1. The predicted molar refractivity (Wildman–Crippen MR) is 81.2 cm³/mol. The first-order valence-corrected chi connectivity index (χ1v) is 8.58. The SMILES string of the molecule is CC1CCc2c(C(=O)NC(CCO)C3CC3)csc2C1. The number of aliphatic hydroxyl groups is 1. The third kappa shape index (κ3) is 2.91. The van der Waals surface area contributed by atoms with E-state index in [1.807, 2.05) is 5.38 Å². The van der Waals surface area contributed by atoms with Gasteiger partial charge in [0.05, 0.1) is 5.56 Å². The van der Waals surface area contributed by atoms with Crippen molar-refractivity contribution < 1.29 is 9.90 Å². The highest BCUT2D eigenvalue weighted by Crippen LogP contribution is 2.35. The van der Waals surface area contributed by atoms with Gasteiger partial charge in [0.2, 0.25) is 0 Å². The molecule has 0 saturated heterocycles. The molecule has 1 amide bonds. The molecule has 4 heteroatoms. The van der Waals surface area contributed by atoms with Gasteiger partial charge in [-0.1, -0.05) is 6.92 Å². The number of hydrogen-bond acceptors (Lipinski definition) is 3. The zero-order chi connectivity index (χ0) is 14.1. The molecule has 2 aliphatic carbocycles. The number of rotatable bonds is 5. The number of hydrogen-bond donors (Lipinski definition) is 2. The molecule has 2 aliphatic rings. The predicted octanol–water partition coefficient (Wildman–Crippen LogP) is 2.76. The Morgan fingerprint density at radius 3 is 3.00 bits per heavy atom. The van der Waals surface area contributed by atoms with Crippen molar-refractivity contribution in [2.45, 2.75) is 51.5 Å². The summed E-state index contributed by atoms with van der Waals surface area (Å²) >= 11 is 1.74. The third-order valence-corrected chi connectivity index (χ3v) is 5.65. The Bertz CT molecular complexity index is 493. The molecule has 20 heavy (non-hydrogen) atoms. The second-order valence-corrected chi connectivity index (χ2v) is 7.29. The van der Waals surface area contributed by atoms with Gasteiger partial charge in [0, 0.05) is 22.9 Å². The van der Waals surface area contributed by atoms with Crippen LogP contribution in [0.25, 0.3) is 0 Å². The Morgan fingerprint density at radius 1 is 1.50 bits per heavy atom. The zero-order valence-corrected chi connectivity index (χ0v) is 12.8. The maximum absolute atomic E-state index is 12.5. The van der Waals surface area contributed by atoms with E-state index in [1.54, 1.807) is 11.3 Å². The monoisotopic (exact) mass is 293 g/mol. The summed E-state index contributed by atoms with van der Waals surface area (Å²) in [5, 5.41) is 14.3. The van der Waals surface area contributed by atoms with Crippen LogP contribution in [0.3, 0.4) is 0 Å². The number of thiophene rings is 1. The minimum atomic E-state index is 0.0717. The van der Waals surface area contributed by atoms with E-state index in [0.717, 1.165) is 24.3 Å². The number of amides is 1. The maximum atomic E-state index is 12.5. The molecule has 110 valence electrons. The summed E-state index contributed by atoms with van der Waals surface area (Å²) in [6.45, 7) is 2.44. The topological polar surface area (TPSA) is 49.3 Å². The van der Waals surface area contributed by atoms with Crippen molar-refractivity contribution in [3.05, 3.63) is 21.4 Å². The summed E-state index contributed by atoms with van der Waals surface area (Å²) in [5.74, 6) is 1.40. The van der Waals surface area contributed by atoms with Gasteiger partial charge in [-0.15, -0.1) is 11.3 Å². The molecule has 2 unspecified atom stereocenters. The maximum Gasteiger partial charge on any atom is 0.252 e. The van der Waals surface area contributed by atoms with Crippen molar-refractivity contribution in [2.75, 3.05) is 6.61 Å². The average Bonchev–Trinajstić information content (AvgIpc) is 3.18. The van der Waals surface area contributed by atoms with E-state index in [0.29, 0.717) is 12.3 Å². The van der Waals surface area contributed by atoms with Crippen LogP contribution < -0.4 is 5.32 Å². The van der Waals surface area contributed by atoms with Crippen LogP contribution in [0.2, 0.25) is 0 Å². The quantitative estimate of drug-likeness (QED) is 0.877. The first-order valence-electron chi connectivity index (χ1n) is 7.70. The van der Waals surface area contributed by atoms with E-state index in [4.69, 9.17) is 5.11 Å². The molecule has 0 aliphatic heterocycles. The van der Waals surface area contributed by atoms with Crippen molar-refractivity contribution in [1.29, 1.82) is 0 Å². The van der Waals surface area contributed by atoms with E-state index in [9.17, 15) is 4.79 Å².